The summed E-state index contributed by atoms with van der Waals surface area (Å²) in [6.07, 6.45) is 25.1. The lowest BCUT2D eigenvalue weighted by atomic mass is 9.75. The summed E-state index contributed by atoms with van der Waals surface area (Å²) < 4.78 is 0. The third kappa shape index (κ3) is 6.99. The third-order valence-corrected chi connectivity index (χ3v) is 8.34. The molecule has 0 aromatic heterocycles. The summed E-state index contributed by atoms with van der Waals surface area (Å²) in [5.41, 5.74) is 5.28. The number of aliphatic imine (C=N–C) groups is 1. The summed E-state index contributed by atoms with van der Waals surface area (Å²) in [6, 6.07) is 0. The lowest BCUT2D eigenvalue weighted by Crippen LogP contribution is -2.42. The maximum atomic E-state index is 12.5. The fourth-order valence-corrected chi connectivity index (χ4v) is 6.33. The van der Waals surface area contributed by atoms with Crippen molar-refractivity contribution in [1.82, 2.24) is 5.32 Å². The fourth-order valence-electron chi connectivity index (χ4n) is 6.33. The van der Waals surface area contributed by atoms with Gasteiger partial charge in [-0.2, -0.15) is 0 Å². The molecule has 3 N–H and O–H groups in total. The van der Waals surface area contributed by atoms with E-state index in [4.69, 9.17) is 5.73 Å². The number of rotatable bonds is 6. The van der Waals surface area contributed by atoms with Crippen molar-refractivity contribution >= 4 is 11.9 Å². The molecule has 0 spiro atoms. The zero-order valence-electron chi connectivity index (χ0n) is 19.6. The molecule has 4 nitrogen and oxygen atoms in total. The van der Waals surface area contributed by atoms with E-state index in [2.05, 4.69) is 17.2 Å². The summed E-state index contributed by atoms with van der Waals surface area (Å²) in [6.45, 7) is 2.32. The molecule has 0 aromatic carbocycles. The van der Waals surface area contributed by atoms with Crippen LogP contribution in [0.25, 0.3) is 0 Å². The second-order valence-electron chi connectivity index (χ2n) is 10.6. The van der Waals surface area contributed by atoms with Crippen molar-refractivity contribution in [3.63, 3.8) is 0 Å². The van der Waals surface area contributed by atoms with Crippen molar-refractivity contribution in [3.05, 3.63) is 0 Å². The van der Waals surface area contributed by atoms with Crippen LogP contribution in [0.15, 0.2) is 4.99 Å². The van der Waals surface area contributed by atoms with Crippen LogP contribution in [0.1, 0.15) is 129 Å². The predicted octanol–water partition coefficient (Wildman–Crippen LogP) is 6.48. The van der Waals surface area contributed by atoms with Crippen molar-refractivity contribution in [2.75, 3.05) is 0 Å². The maximum Gasteiger partial charge on any atom is 0.254 e. The predicted molar refractivity (Wildman–Crippen MR) is 126 cm³/mol. The lowest BCUT2D eigenvalue weighted by molar-refractivity contribution is -0.124. The van der Waals surface area contributed by atoms with Crippen molar-refractivity contribution in [2.24, 2.45) is 28.5 Å². The summed E-state index contributed by atoms with van der Waals surface area (Å²) in [4.78, 5) is 17.2. The van der Waals surface area contributed by atoms with E-state index < -0.39 is 5.54 Å². The molecular formula is C26H47N3O. The van der Waals surface area contributed by atoms with E-state index in [1.54, 1.807) is 0 Å². The first kappa shape index (κ1) is 23.6. The Kier molecular flexibility index (Phi) is 9.52. The Labute approximate surface area is 185 Å². The van der Waals surface area contributed by atoms with Gasteiger partial charge in [-0.15, -0.1) is 0 Å². The number of nitrogens with one attached hydrogen (secondary N) is 1. The molecule has 4 heteroatoms. The number of hydrogen-bond acceptors (Lipinski definition) is 3. The molecule has 0 bridgehead atoms. The van der Waals surface area contributed by atoms with Gasteiger partial charge in [-0.3, -0.25) is 10.1 Å². The molecule has 0 aromatic rings. The van der Waals surface area contributed by atoms with Crippen LogP contribution in [0, 0.1) is 17.8 Å². The summed E-state index contributed by atoms with van der Waals surface area (Å²) in [5.74, 6) is 2.93. The van der Waals surface area contributed by atoms with Crippen LogP contribution >= 0.6 is 0 Å². The molecule has 4 aliphatic rings. The van der Waals surface area contributed by atoms with Gasteiger partial charge >= 0.3 is 0 Å². The Morgan fingerprint density at radius 2 is 1.33 bits per heavy atom. The number of guanidine groups is 1. The molecule has 1 heterocycles. The Morgan fingerprint density at radius 1 is 0.833 bits per heavy atom. The van der Waals surface area contributed by atoms with Gasteiger partial charge in [0.05, 0.1) is 0 Å². The molecular weight excluding hydrogens is 370 g/mol. The first-order valence-corrected chi connectivity index (χ1v) is 13.3. The molecule has 3 fully saturated rings. The highest BCUT2D eigenvalue weighted by molar-refractivity contribution is 6.06. The zero-order chi connectivity index (χ0) is 21.2. The lowest BCUT2D eigenvalue weighted by Gasteiger charge is -2.32. The van der Waals surface area contributed by atoms with Gasteiger partial charge in [0.1, 0.15) is 5.54 Å². The van der Waals surface area contributed by atoms with E-state index in [1.807, 2.05) is 0 Å². The van der Waals surface area contributed by atoms with Crippen molar-refractivity contribution in [2.45, 2.75) is 134 Å². The van der Waals surface area contributed by atoms with Gasteiger partial charge in [-0.1, -0.05) is 110 Å². The van der Waals surface area contributed by atoms with E-state index in [0.29, 0.717) is 11.9 Å². The average Bonchev–Trinajstić information content (AvgIpc) is 3.07. The van der Waals surface area contributed by atoms with Crippen molar-refractivity contribution in [3.8, 4) is 0 Å². The summed E-state index contributed by atoms with van der Waals surface area (Å²) >= 11 is 0. The monoisotopic (exact) mass is 417 g/mol. The first-order chi connectivity index (χ1) is 14.6. The fraction of sp³-hybridized carbons (Fsp3) is 0.923. The van der Waals surface area contributed by atoms with Crippen molar-refractivity contribution in [1.29, 1.82) is 0 Å². The van der Waals surface area contributed by atoms with Gasteiger partial charge in [0.2, 0.25) is 0 Å². The normalized spacial score (nSPS) is 29.1. The number of nitrogens with zero attached hydrogens (tertiary/aromatic N) is 1. The van der Waals surface area contributed by atoms with Gasteiger partial charge in [-0.25, -0.2) is 4.99 Å². The highest BCUT2D eigenvalue weighted by atomic mass is 16.2. The van der Waals surface area contributed by atoms with Crippen LogP contribution in [0.4, 0.5) is 0 Å². The van der Waals surface area contributed by atoms with Gasteiger partial charge < -0.3 is 5.73 Å². The third-order valence-electron chi connectivity index (χ3n) is 8.34. The molecule has 1 atom stereocenters. The van der Waals surface area contributed by atoms with Crippen LogP contribution in [0.5, 0.6) is 0 Å². The molecule has 1 amide bonds. The first-order valence-electron chi connectivity index (χ1n) is 13.3. The molecule has 3 saturated carbocycles. The SMILES string of the molecule is CCC1CCCCC1.NC1=NC(CCC2CCCCC2)(CC2CCCCC2)C(=O)N1. The summed E-state index contributed by atoms with van der Waals surface area (Å²) in [5, 5.41) is 2.77. The quantitative estimate of drug-likeness (QED) is 0.519. The minimum atomic E-state index is -0.552. The second-order valence-corrected chi connectivity index (χ2v) is 10.6. The largest absolute Gasteiger partial charge is 0.370 e. The molecule has 1 unspecified atom stereocenters. The highest BCUT2D eigenvalue weighted by Crippen LogP contribution is 2.38. The van der Waals surface area contributed by atoms with Gasteiger partial charge in [0.25, 0.3) is 5.91 Å². The van der Waals surface area contributed by atoms with Gasteiger partial charge in [-0.05, 0) is 37.0 Å². The van der Waals surface area contributed by atoms with Gasteiger partial charge in [0, 0.05) is 0 Å². The molecule has 0 radical (unpaired) electrons. The van der Waals surface area contributed by atoms with E-state index in [9.17, 15) is 4.79 Å². The van der Waals surface area contributed by atoms with Crippen LogP contribution in [-0.4, -0.2) is 17.4 Å². The number of carbonyl (C=O) groups is 1. The standard InChI is InChI=1S/C18H31N3O.C8H16/c19-17-20-16(22)18(21-17,13-15-9-5-2-6-10-15)12-11-14-7-3-1-4-8-14;1-2-8-6-4-3-5-7-8/h14-15H,1-13H2,(H3,19,20,21,22);8H,2-7H2,1H3. The van der Waals surface area contributed by atoms with E-state index in [-0.39, 0.29) is 5.91 Å². The number of amides is 1. The number of carbonyl (C=O) groups excluding carboxylic acids is 1. The maximum absolute atomic E-state index is 12.5. The topological polar surface area (TPSA) is 67.5 Å². The Hall–Kier alpha value is -1.06. The molecule has 1 aliphatic heterocycles. The molecule has 4 rings (SSSR count). The second kappa shape index (κ2) is 12.1. The van der Waals surface area contributed by atoms with Crippen molar-refractivity contribution < 1.29 is 4.79 Å². The Balaban J connectivity index is 0.000000269. The average molecular weight is 418 g/mol. The minimum Gasteiger partial charge on any atom is -0.370 e. The van der Waals surface area contributed by atoms with E-state index in [0.717, 1.165) is 31.1 Å². The van der Waals surface area contributed by atoms with Crippen LogP contribution in [0.2, 0.25) is 0 Å². The molecule has 172 valence electrons. The minimum absolute atomic E-state index is 0.0615. The molecule has 3 aliphatic carbocycles. The number of hydrogen-bond donors (Lipinski definition) is 2. The van der Waals surface area contributed by atoms with Gasteiger partial charge in [0.15, 0.2) is 5.96 Å². The smallest absolute Gasteiger partial charge is 0.254 e. The van der Waals surface area contributed by atoms with Crippen LogP contribution in [-0.2, 0) is 4.79 Å². The van der Waals surface area contributed by atoms with E-state index >= 15 is 0 Å². The molecule has 30 heavy (non-hydrogen) atoms. The summed E-state index contributed by atoms with van der Waals surface area (Å²) in [7, 11) is 0. The van der Waals surface area contributed by atoms with E-state index in [1.165, 1.54) is 103 Å². The molecule has 0 saturated heterocycles. The zero-order valence-corrected chi connectivity index (χ0v) is 19.6. The Bertz CT molecular complexity index is 542. The number of nitrogens with two attached hydrogens (primary N) is 1. The van der Waals surface area contributed by atoms with Crippen LogP contribution in [0.3, 0.4) is 0 Å². The highest BCUT2D eigenvalue weighted by Gasteiger charge is 2.44. The van der Waals surface area contributed by atoms with Crippen LogP contribution < -0.4 is 11.1 Å². The Morgan fingerprint density at radius 3 is 1.77 bits per heavy atom.